The molecule has 0 N–H and O–H groups in total. The number of allylic oxidation sites excluding steroid dienone is 2. The molecular weight excluding hydrogens is 426 g/mol. The standard InChI is InChI=1S/C24H27N3O6/c1-26(13-11-15-8-6-7-12-25-15)21-22(27(2)18(28)14-31-3)24(30)20-17(33-5)10-9-16(32-4)19(20)23(21)29/h6-10,12H,11,13-14H2,1-5H3. The van der Waals surface area contributed by atoms with Gasteiger partial charge in [-0.25, -0.2) is 0 Å². The minimum absolute atomic E-state index is 0.0374. The first-order valence-corrected chi connectivity index (χ1v) is 10.3. The van der Waals surface area contributed by atoms with Crippen LogP contribution in [0, 0.1) is 0 Å². The fraction of sp³-hybridized carbons (Fsp3) is 0.333. The van der Waals surface area contributed by atoms with E-state index in [1.165, 1.54) is 28.4 Å². The van der Waals surface area contributed by atoms with Gasteiger partial charge in [-0.3, -0.25) is 19.4 Å². The molecule has 0 bridgehead atoms. The highest BCUT2D eigenvalue weighted by molar-refractivity contribution is 6.29. The average molecular weight is 453 g/mol. The monoisotopic (exact) mass is 453 g/mol. The highest BCUT2D eigenvalue weighted by atomic mass is 16.5. The molecule has 9 nitrogen and oxygen atoms in total. The number of methoxy groups -OCH3 is 3. The maximum Gasteiger partial charge on any atom is 0.252 e. The van der Waals surface area contributed by atoms with Crippen LogP contribution in [0.15, 0.2) is 47.9 Å². The number of amides is 1. The van der Waals surface area contributed by atoms with Crippen molar-refractivity contribution in [1.82, 2.24) is 14.8 Å². The zero-order valence-corrected chi connectivity index (χ0v) is 19.4. The summed E-state index contributed by atoms with van der Waals surface area (Å²) in [5.74, 6) is -0.924. The molecule has 0 unspecified atom stereocenters. The minimum atomic E-state index is -0.507. The molecule has 174 valence electrons. The lowest BCUT2D eigenvalue weighted by molar-refractivity contribution is -0.131. The predicted octanol–water partition coefficient (Wildman–Crippen LogP) is 1.97. The van der Waals surface area contributed by atoms with E-state index in [1.54, 1.807) is 30.3 Å². The molecule has 1 aliphatic carbocycles. The van der Waals surface area contributed by atoms with E-state index in [4.69, 9.17) is 14.2 Å². The summed E-state index contributed by atoms with van der Waals surface area (Å²) in [6.07, 6.45) is 2.23. The molecule has 33 heavy (non-hydrogen) atoms. The van der Waals surface area contributed by atoms with E-state index in [9.17, 15) is 14.4 Å². The van der Waals surface area contributed by atoms with Gasteiger partial charge < -0.3 is 24.0 Å². The van der Waals surface area contributed by atoms with E-state index in [0.717, 1.165) is 10.6 Å². The van der Waals surface area contributed by atoms with Gasteiger partial charge in [-0.1, -0.05) is 6.07 Å². The van der Waals surface area contributed by atoms with E-state index < -0.39 is 17.5 Å². The van der Waals surface area contributed by atoms with Crippen molar-refractivity contribution in [2.24, 2.45) is 0 Å². The maximum absolute atomic E-state index is 13.8. The Balaban J connectivity index is 2.14. The molecule has 1 aromatic carbocycles. The van der Waals surface area contributed by atoms with Crippen molar-refractivity contribution in [2.75, 3.05) is 48.6 Å². The van der Waals surface area contributed by atoms with E-state index in [-0.39, 0.29) is 40.6 Å². The lowest BCUT2D eigenvalue weighted by Gasteiger charge is -2.32. The largest absolute Gasteiger partial charge is 0.496 e. The third kappa shape index (κ3) is 4.58. The first-order chi connectivity index (χ1) is 15.8. The molecular formula is C24H27N3O6. The number of hydrogen-bond acceptors (Lipinski definition) is 8. The molecule has 1 heterocycles. The van der Waals surface area contributed by atoms with E-state index in [0.29, 0.717) is 13.0 Å². The Morgan fingerprint density at radius 2 is 1.52 bits per heavy atom. The number of ether oxygens (including phenoxy) is 3. The maximum atomic E-state index is 13.8. The molecule has 3 rings (SSSR count). The number of rotatable bonds is 9. The average Bonchev–Trinajstić information content (AvgIpc) is 2.83. The second-order valence-electron chi connectivity index (χ2n) is 7.45. The second-order valence-corrected chi connectivity index (χ2v) is 7.45. The van der Waals surface area contributed by atoms with E-state index in [1.807, 2.05) is 18.2 Å². The summed E-state index contributed by atoms with van der Waals surface area (Å²) in [6.45, 7) is 0.150. The predicted molar refractivity (Wildman–Crippen MR) is 120 cm³/mol. The van der Waals surface area contributed by atoms with Crippen molar-refractivity contribution in [3.05, 3.63) is 64.7 Å². The van der Waals surface area contributed by atoms with Gasteiger partial charge in [0, 0.05) is 46.1 Å². The smallest absolute Gasteiger partial charge is 0.252 e. The number of carbonyl (C=O) groups is 3. The number of fused-ring (bicyclic) bond motifs is 1. The Labute approximate surface area is 192 Å². The normalized spacial score (nSPS) is 13.0. The van der Waals surface area contributed by atoms with Crippen molar-refractivity contribution in [2.45, 2.75) is 6.42 Å². The first kappa shape index (κ1) is 23.9. The van der Waals surface area contributed by atoms with Crippen molar-refractivity contribution in [3.8, 4) is 11.5 Å². The zero-order valence-electron chi connectivity index (χ0n) is 19.4. The summed E-state index contributed by atoms with van der Waals surface area (Å²) in [5, 5.41) is 0. The van der Waals surface area contributed by atoms with Gasteiger partial charge in [-0.05, 0) is 24.3 Å². The lowest BCUT2D eigenvalue weighted by Crippen LogP contribution is -2.41. The van der Waals surface area contributed by atoms with Gasteiger partial charge in [0.25, 0.3) is 5.91 Å². The van der Waals surface area contributed by atoms with Crippen molar-refractivity contribution in [1.29, 1.82) is 0 Å². The number of ketones is 2. The van der Waals surface area contributed by atoms with Crippen LogP contribution in [0.3, 0.4) is 0 Å². The number of aromatic nitrogens is 1. The van der Waals surface area contributed by atoms with E-state index >= 15 is 0 Å². The molecule has 0 fully saturated rings. The molecule has 0 spiro atoms. The Kier molecular flexibility index (Phi) is 7.44. The van der Waals surface area contributed by atoms with Gasteiger partial charge in [0.05, 0.1) is 25.3 Å². The number of likely N-dealkylation sites (N-methyl/N-ethyl adjacent to an activating group) is 2. The van der Waals surface area contributed by atoms with Gasteiger partial charge >= 0.3 is 0 Å². The third-order valence-electron chi connectivity index (χ3n) is 5.47. The fourth-order valence-corrected chi connectivity index (χ4v) is 3.76. The summed E-state index contributed by atoms with van der Waals surface area (Å²) in [4.78, 5) is 47.3. The van der Waals surface area contributed by atoms with Crippen LogP contribution < -0.4 is 9.47 Å². The van der Waals surface area contributed by atoms with Gasteiger partial charge in [0.1, 0.15) is 29.5 Å². The fourth-order valence-electron chi connectivity index (χ4n) is 3.76. The van der Waals surface area contributed by atoms with Crippen molar-refractivity contribution in [3.63, 3.8) is 0 Å². The number of nitrogens with zero attached hydrogens (tertiary/aromatic N) is 3. The molecule has 2 aromatic rings. The summed E-state index contributed by atoms with van der Waals surface area (Å²) < 4.78 is 15.7. The van der Waals surface area contributed by atoms with Crippen LogP contribution in [0.5, 0.6) is 11.5 Å². The van der Waals surface area contributed by atoms with Crippen LogP contribution in [-0.4, -0.2) is 80.8 Å². The molecule has 0 saturated carbocycles. The summed E-state index contributed by atoms with van der Waals surface area (Å²) >= 11 is 0. The molecule has 9 heteroatoms. The molecule has 0 radical (unpaired) electrons. The number of pyridine rings is 1. The van der Waals surface area contributed by atoms with Crippen LogP contribution in [0.4, 0.5) is 0 Å². The number of carbonyl (C=O) groups excluding carboxylic acids is 3. The Bertz CT molecular complexity index is 1100. The van der Waals surface area contributed by atoms with Crippen LogP contribution in [0.2, 0.25) is 0 Å². The molecule has 0 aliphatic heterocycles. The SMILES string of the molecule is COCC(=O)N(C)C1=C(N(C)CCc2ccccn2)C(=O)c2c(OC)ccc(OC)c2C1=O. The summed E-state index contributed by atoms with van der Waals surface area (Å²) in [6, 6.07) is 8.73. The van der Waals surface area contributed by atoms with Crippen LogP contribution >= 0.6 is 0 Å². The van der Waals surface area contributed by atoms with Gasteiger partial charge in [-0.15, -0.1) is 0 Å². The Morgan fingerprint density at radius 3 is 2.03 bits per heavy atom. The Morgan fingerprint density at radius 1 is 0.909 bits per heavy atom. The van der Waals surface area contributed by atoms with Gasteiger partial charge in [0.15, 0.2) is 0 Å². The summed E-state index contributed by atoms with van der Waals surface area (Å²) in [7, 11) is 7.38. The molecule has 0 atom stereocenters. The zero-order chi connectivity index (χ0) is 24.1. The Hall–Kier alpha value is -3.72. The third-order valence-corrected chi connectivity index (χ3v) is 5.47. The quantitative estimate of drug-likeness (QED) is 0.568. The molecule has 1 amide bonds. The van der Waals surface area contributed by atoms with Crippen LogP contribution in [-0.2, 0) is 16.0 Å². The van der Waals surface area contributed by atoms with Crippen molar-refractivity contribution >= 4 is 17.5 Å². The van der Waals surface area contributed by atoms with E-state index in [2.05, 4.69) is 4.98 Å². The highest BCUT2D eigenvalue weighted by Crippen LogP contribution is 2.39. The van der Waals surface area contributed by atoms with Crippen LogP contribution in [0.1, 0.15) is 26.4 Å². The summed E-state index contributed by atoms with van der Waals surface area (Å²) in [5.41, 5.74) is 1.07. The lowest BCUT2D eigenvalue weighted by atomic mass is 9.87. The van der Waals surface area contributed by atoms with Crippen LogP contribution in [0.25, 0.3) is 0 Å². The highest BCUT2D eigenvalue weighted by Gasteiger charge is 2.41. The van der Waals surface area contributed by atoms with Crippen molar-refractivity contribution < 1.29 is 28.6 Å². The second kappa shape index (κ2) is 10.3. The minimum Gasteiger partial charge on any atom is -0.496 e. The molecule has 1 aromatic heterocycles. The van der Waals surface area contributed by atoms with Gasteiger partial charge in [-0.2, -0.15) is 0 Å². The molecule has 0 saturated heterocycles. The molecule has 1 aliphatic rings. The number of Topliss-reactive ketones (excluding diaryl/α,β-unsaturated/α-hetero) is 2. The number of hydrogen-bond donors (Lipinski definition) is 0. The number of benzene rings is 1. The van der Waals surface area contributed by atoms with Gasteiger partial charge in [0.2, 0.25) is 11.6 Å². The first-order valence-electron chi connectivity index (χ1n) is 10.3. The topological polar surface area (TPSA) is 98.3 Å².